The average molecular weight is 397 g/mol. The van der Waals surface area contributed by atoms with Gasteiger partial charge in [0.2, 0.25) is 0 Å². The van der Waals surface area contributed by atoms with Crippen LogP contribution in [0.15, 0.2) is 48.7 Å². The predicted octanol–water partition coefficient (Wildman–Crippen LogP) is 4.77. The van der Waals surface area contributed by atoms with Gasteiger partial charge in [0.05, 0.1) is 14.2 Å². The highest BCUT2D eigenvalue weighted by Crippen LogP contribution is 2.32. The van der Waals surface area contributed by atoms with Crippen LogP contribution in [0.25, 0.3) is 16.5 Å². The Bertz CT molecular complexity index is 1070. The molecule has 1 amide bonds. The summed E-state index contributed by atoms with van der Waals surface area (Å²) in [6, 6.07) is 11.1. The maximum Gasteiger partial charge on any atom is 0.254 e. The molecule has 2 heterocycles. The zero-order valence-corrected chi connectivity index (χ0v) is 16.5. The molecule has 2 aromatic carbocycles. The molecule has 1 aliphatic heterocycles. The van der Waals surface area contributed by atoms with Crippen molar-refractivity contribution in [3.8, 4) is 11.5 Å². The molecule has 0 bridgehead atoms. The summed E-state index contributed by atoms with van der Waals surface area (Å²) in [5.74, 6) is 1.15. The second kappa shape index (κ2) is 7.60. The van der Waals surface area contributed by atoms with E-state index in [0.717, 1.165) is 17.3 Å². The molecule has 0 radical (unpaired) electrons. The normalized spacial score (nSPS) is 14.1. The fourth-order valence-electron chi connectivity index (χ4n) is 3.61. The Morgan fingerprint density at radius 1 is 1.11 bits per heavy atom. The number of halogens is 1. The molecule has 0 saturated heterocycles. The van der Waals surface area contributed by atoms with E-state index in [2.05, 4.69) is 11.1 Å². The number of amides is 1. The highest BCUT2D eigenvalue weighted by molar-refractivity contribution is 6.31. The molecule has 6 heteroatoms. The van der Waals surface area contributed by atoms with Crippen molar-refractivity contribution in [3.63, 3.8) is 0 Å². The maximum absolute atomic E-state index is 12.9. The van der Waals surface area contributed by atoms with E-state index in [1.807, 2.05) is 29.3 Å². The zero-order valence-electron chi connectivity index (χ0n) is 15.8. The number of nitrogens with one attached hydrogen (secondary N) is 1. The van der Waals surface area contributed by atoms with Crippen LogP contribution in [0, 0.1) is 0 Å². The van der Waals surface area contributed by atoms with Gasteiger partial charge < -0.3 is 19.4 Å². The molecule has 1 N–H and O–H groups in total. The third kappa shape index (κ3) is 3.34. The van der Waals surface area contributed by atoms with Crippen LogP contribution in [0.3, 0.4) is 0 Å². The molecule has 3 aromatic rings. The average Bonchev–Trinajstić information content (AvgIpc) is 3.15. The van der Waals surface area contributed by atoms with Gasteiger partial charge >= 0.3 is 0 Å². The smallest absolute Gasteiger partial charge is 0.254 e. The van der Waals surface area contributed by atoms with Crippen molar-refractivity contribution in [2.24, 2.45) is 0 Å². The monoisotopic (exact) mass is 396 g/mol. The van der Waals surface area contributed by atoms with Crippen LogP contribution >= 0.6 is 11.6 Å². The zero-order chi connectivity index (χ0) is 19.7. The number of carbonyl (C=O) groups excluding carboxylic acids is 1. The molecular formula is C22H21ClN2O3. The second-order valence-corrected chi connectivity index (χ2v) is 7.13. The molecule has 0 fully saturated rings. The van der Waals surface area contributed by atoms with Crippen LogP contribution in [0.5, 0.6) is 11.5 Å². The molecule has 1 aliphatic rings. The van der Waals surface area contributed by atoms with Crippen LogP contribution in [0.4, 0.5) is 0 Å². The maximum atomic E-state index is 12.9. The minimum atomic E-state index is -0.0121. The predicted molar refractivity (Wildman–Crippen MR) is 111 cm³/mol. The number of methoxy groups -OCH3 is 2. The largest absolute Gasteiger partial charge is 0.493 e. The summed E-state index contributed by atoms with van der Waals surface area (Å²) in [6.07, 6.45) is 4.94. The Morgan fingerprint density at radius 2 is 1.93 bits per heavy atom. The molecular weight excluding hydrogens is 376 g/mol. The van der Waals surface area contributed by atoms with Gasteiger partial charge in [-0.3, -0.25) is 4.79 Å². The fraction of sp³-hybridized carbons (Fsp3) is 0.227. The number of nitrogens with zero attached hydrogens (tertiary/aromatic N) is 1. The van der Waals surface area contributed by atoms with E-state index in [0.29, 0.717) is 35.2 Å². The number of carbonyl (C=O) groups is 1. The number of hydrogen-bond acceptors (Lipinski definition) is 3. The highest BCUT2D eigenvalue weighted by Gasteiger charge is 2.21. The third-order valence-electron chi connectivity index (χ3n) is 5.12. The van der Waals surface area contributed by atoms with Crippen LogP contribution in [-0.4, -0.2) is 43.1 Å². The van der Waals surface area contributed by atoms with Gasteiger partial charge in [-0.05, 0) is 42.3 Å². The van der Waals surface area contributed by atoms with E-state index in [9.17, 15) is 4.79 Å². The molecule has 0 atom stereocenters. The number of rotatable bonds is 4. The number of ether oxygens (including phenoxy) is 2. The van der Waals surface area contributed by atoms with E-state index in [1.54, 1.807) is 32.4 Å². The number of H-pyrrole nitrogens is 1. The first-order valence-corrected chi connectivity index (χ1v) is 9.46. The molecule has 28 heavy (non-hydrogen) atoms. The van der Waals surface area contributed by atoms with Crippen molar-refractivity contribution in [1.29, 1.82) is 0 Å². The molecule has 1 aromatic heterocycles. The summed E-state index contributed by atoms with van der Waals surface area (Å²) in [4.78, 5) is 18.0. The minimum absolute atomic E-state index is 0.0121. The standard InChI is InChI=1S/C22H21ClN2O3/c1-27-20-6-3-15(11-21(20)28-2)22(26)25-9-7-14(8-10-25)18-13-24-19-12-16(23)4-5-17(18)19/h3-7,11-13,24H,8-10H2,1-2H3. The van der Waals surface area contributed by atoms with E-state index in [1.165, 1.54) is 11.1 Å². The Balaban J connectivity index is 1.54. The summed E-state index contributed by atoms with van der Waals surface area (Å²) >= 11 is 6.07. The van der Waals surface area contributed by atoms with E-state index >= 15 is 0 Å². The topological polar surface area (TPSA) is 54.6 Å². The van der Waals surface area contributed by atoms with Gasteiger partial charge in [-0.1, -0.05) is 23.7 Å². The molecule has 144 valence electrons. The molecule has 0 unspecified atom stereocenters. The van der Waals surface area contributed by atoms with Gasteiger partial charge in [-0.25, -0.2) is 0 Å². The lowest BCUT2D eigenvalue weighted by atomic mass is 9.98. The number of hydrogen-bond donors (Lipinski definition) is 1. The summed E-state index contributed by atoms with van der Waals surface area (Å²) < 4.78 is 10.6. The van der Waals surface area contributed by atoms with E-state index in [4.69, 9.17) is 21.1 Å². The minimum Gasteiger partial charge on any atom is -0.493 e. The van der Waals surface area contributed by atoms with E-state index < -0.39 is 0 Å². The van der Waals surface area contributed by atoms with Crippen molar-refractivity contribution in [1.82, 2.24) is 9.88 Å². The lowest BCUT2D eigenvalue weighted by molar-refractivity contribution is 0.0772. The summed E-state index contributed by atoms with van der Waals surface area (Å²) in [7, 11) is 3.14. The van der Waals surface area contributed by atoms with Gasteiger partial charge in [0.25, 0.3) is 5.91 Å². The highest BCUT2D eigenvalue weighted by atomic mass is 35.5. The molecule has 0 saturated carbocycles. The summed E-state index contributed by atoms with van der Waals surface area (Å²) in [6.45, 7) is 1.24. The van der Waals surface area contributed by atoms with Crippen LogP contribution in [-0.2, 0) is 0 Å². The van der Waals surface area contributed by atoms with Crippen molar-refractivity contribution in [2.45, 2.75) is 6.42 Å². The van der Waals surface area contributed by atoms with Crippen LogP contribution in [0.1, 0.15) is 22.3 Å². The molecule has 4 rings (SSSR count). The first-order chi connectivity index (χ1) is 13.6. The molecule has 5 nitrogen and oxygen atoms in total. The summed E-state index contributed by atoms with van der Waals surface area (Å²) in [5, 5.41) is 1.86. The molecule has 0 aliphatic carbocycles. The SMILES string of the molecule is COc1ccc(C(=O)N2CC=C(c3c[nH]c4cc(Cl)ccc34)CC2)cc1OC. The van der Waals surface area contributed by atoms with Gasteiger partial charge in [0.1, 0.15) is 0 Å². The van der Waals surface area contributed by atoms with Crippen molar-refractivity contribution >= 4 is 34.0 Å². The van der Waals surface area contributed by atoms with Gasteiger partial charge in [0, 0.05) is 46.3 Å². The Labute approximate surface area is 168 Å². The van der Waals surface area contributed by atoms with Crippen LogP contribution < -0.4 is 9.47 Å². The Hall–Kier alpha value is -2.92. The lowest BCUT2D eigenvalue weighted by Crippen LogP contribution is -2.34. The lowest BCUT2D eigenvalue weighted by Gasteiger charge is -2.27. The van der Waals surface area contributed by atoms with Crippen LogP contribution in [0.2, 0.25) is 5.02 Å². The number of fused-ring (bicyclic) bond motifs is 1. The van der Waals surface area contributed by atoms with Gasteiger partial charge in [0.15, 0.2) is 11.5 Å². The fourth-order valence-corrected chi connectivity index (χ4v) is 3.79. The third-order valence-corrected chi connectivity index (χ3v) is 5.35. The van der Waals surface area contributed by atoms with Gasteiger partial charge in [-0.15, -0.1) is 0 Å². The second-order valence-electron chi connectivity index (χ2n) is 6.69. The van der Waals surface area contributed by atoms with Gasteiger partial charge in [-0.2, -0.15) is 0 Å². The number of benzene rings is 2. The summed E-state index contributed by atoms with van der Waals surface area (Å²) in [5.41, 5.74) is 4.03. The Kier molecular flexibility index (Phi) is 5.01. The van der Waals surface area contributed by atoms with Crippen molar-refractivity contribution in [2.75, 3.05) is 27.3 Å². The number of aromatic amines is 1. The number of aromatic nitrogens is 1. The van der Waals surface area contributed by atoms with E-state index in [-0.39, 0.29) is 5.91 Å². The quantitative estimate of drug-likeness (QED) is 0.691. The van der Waals surface area contributed by atoms with Crippen molar-refractivity contribution < 1.29 is 14.3 Å². The Morgan fingerprint density at radius 3 is 2.64 bits per heavy atom. The molecule has 0 spiro atoms. The first kappa shape index (κ1) is 18.4. The van der Waals surface area contributed by atoms with Crippen molar-refractivity contribution in [3.05, 3.63) is 64.8 Å². The first-order valence-electron chi connectivity index (χ1n) is 9.08.